The van der Waals surface area contributed by atoms with Crippen LogP contribution in [0.15, 0.2) is 66.7 Å². The summed E-state index contributed by atoms with van der Waals surface area (Å²) in [7, 11) is 1.49. The van der Waals surface area contributed by atoms with E-state index in [-0.39, 0.29) is 16.9 Å². The van der Waals surface area contributed by atoms with Crippen LogP contribution in [-0.4, -0.2) is 29.9 Å². The van der Waals surface area contributed by atoms with E-state index in [1.165, 1.54) is 13.2 Å². The van der Waals surface area contributed by atoms with Crippen LogP contribution >= 0.6 is 23.8 Å². The number of ether oxygens (including phenoxy) is 1. The number of hydrogen-bond donors (Lipinski definition) is 2. The van der Waals surface area contributed by atoms with Crippen molar-refractivity contribution in [2.45, 2.75) is 0 Å². The second kappa shape index (κ2) is 8.78. The quantitative estimate of drug-likeness (QED) is 0.442. The predicted octanol–water partition coefficient (Wildman–Crippen LogP) is 4.28. The third-order valence-corrected chi connectivity index (χ3v) is 5.32. The molecule has 1 aliphatic rings. The Morgan fingerprint density at radius 2 is 1.59 bits per heavy atom. The van der Waals surface area contributed by atoms with Crippen molar-refractivity contribution in [3.05, 3.63) is 88.4 Å². The van der Waals surface area contributed by atoms with Gasteiger partial charge >= 0.3 is 0 Å². The lowest BCUT2D eigenvalue weighted by Crippen LogP contribution is -2.34. The number of imide groups is 1. The maximum atomic E-state index is 12.6. The van der Waals surface area contributed by atoms with Gasteiger partial charge in [0.05, 0.1) is 28.9 Å². The van der Waals surface area contributed by atoms with Crippen LogP contribution < -0.4 is 20.3 Å². The highest BCUT2D eigenvalue weighted by Crippen LogP contribution is 2.29. The molecule has 0 radical (unpaired) electrons. The summed E-state index contributed by atoms with van der Waals surface area (Å²) < 4.78 is 5.07. The Morgan fingerprint density at radius 3 is 2.16 bits per heavy atom. The molecule has 9 heteroatoms. The lowest BCUT2D eigenvalue weighted by molar-refractivity contribution is 0.0923. The van der Waals surface area contributed by atoms with Crippen LogP contribution in [0.4, 0.5) is 11.4 Å². The van der Waals surface area contributed by atoms with E-state index < -0.39 is 5.91 Å². The van der Waals surface area contributed by atoms with Crippen LogP contribution in [0.2, 0.25) is 5.02 Å². The van der Waals surface area contributed by atoms with Crippen molar-refractivity contribution in [1.82, 2.24) is 5.32 Å². The number of thiocarbonyl (C=S) groups is 1. The van der Waals surface area contributed by atoms with Crippen molar-refractivity contribution in [2.75, 3.05) is 17.3 Å². The summed E-state index contributed by atoms with van der Waals surface area (Å²) in [5, 5.41) is 5.85. The number of nitrogens with one attached hydrogen (secondary N) is 2. The smallest absolute Gasteiger partial charge is 0.266 e. The number of hydrogen-bond acceptors (Lipinski definition) is 5. The van der Waals surface area contributed by atoms with Crippen molar-refractivity contribution >= 4 is 58.0 Å². The molecule has 7 nitrogen and oxygen atoms in total. The minimum absolute atomic E-state index is 0.0791. The molecule has 1 aliphatic heterocycles. The highest BCUT2D eigenvalue weighted by molar-refractivity contribution is 7.80. The molecule has 0 spiro atoms. The van der Waals surface area contributed by atoms with Crippen LogP contribution in [0.25, 0.3) is 0 Å². The van der Waals surface area contributed by atoms with Gasteiger partial charge in [0, 0.05) is 11.3 Å². The fourth-order valence-electron chi connectivity index (χ4n) is 3.26. The number of carbonyl (C=O) groups is 3. The van der Waals surface area contributed by atoms with Gasteiger partial charge in [0.15, 0.2) is 5.11 Å². The summed E-state index contributed by atoms with van der Waals surface area (Å²) in [6, 6.07) is 17.9. The van der Waals surface area contributed by atoms with Crippen molar-refractivity contribution in [3.63, 3.8) is 0 Å². The molecule has 0 saturated carbocycles. The Labute approximate surface area is 193 Å². The topological polar surface area (TPSA) is 87.7 Å². The number of anilines is 2. The number of nitrogens with zero attached hydrogens (tertiary/aromatic N) is 1. The molecule has 160 valence electrons. The molecule has 3 aromatic rings. The molecular weight excluding hydrogens is 450 g/mol. The Hall–Kier alpha value is -3.75. The van der Waals surface area contributed by atoms with Crippen molar-refractivity contribution in [1.29, 1.82) is 0 Å². The first-order valence-electron chi connectivity index (χ1n) is 9.43. The molecule has 0 unspecified atom stereocenters. The van der Waals surface area contributed by atoms with Crippen molar-refractivity contribution < 1.29 is 19.1 Å². The zero-order valence-electron chi connectivity index (χ0n) is 16.7. The van der Waals surface area contributed by atoms with Gasteiger partial charge in [-0.2, -0.15) is 0 Å². The van der Waals surface area contributed by atoms with Crippen LogP contribution in [-0.2, 0) is 0 Å². The number of fused-ring (bicyclic) bond motifs is 1. The summed E-state index contributed by atoms with van der Waals surface area (Å²) in [5.74, 6) is -0.712. The normalized spacial score (nSPS) is 12.4. The fourth-order valence-corrected chi connectivity index (χ4v) is 3.73. The third kappa shape index (κ3) is 4.05. The van der Waals surface area contributed by atoms with Crippen LogP contribution in [0.1, 0.15) is 31.1 Å². The molecule has 3 aromatic carbocycles. The lowest BCUT2D eigenvalue weighted by Gasteiger charge is -2.15. The van der Waals surface area contributed by atoms with Gasteiger partial charge in [0.2, 0.25) is 0 Å². The maximum absolute atomic E-state index is 12.6. The highest BCUT2D eigenvalue weighted by Gasteiger charge is 2.36. The van der Waals surface area contributed by atoms with E-state index in [2.05, 4.69) is 10.6 Å². The third-order valence-electron chi connectivity index (χ3n) is 4.82. The molecular formula is C23H16ClN3O4S. The fraction of sp³-hybridized carbons (Fsp3) is 0.0435. The van der Waals surface area contributed by atoms with Gasteiger partial charge in [0.25, 0.3) is 17.7 Å². The minimum Gasteiger partial charge on any atom is -0.495 e. The Kier molecular flexibility index (Phi) is 5.89. The zero-order chi connectivity index (χ0) is 22.8. The SMILES string of the molecule is COc1ccc(C(=O)NC(=S)Nc2ccc(N3C(=O)c4ccccc4C3=O)cc2)cc1Cl. The first-order chi connectivity index (χ1) is 15.4. The van der Waals surface area contributed by atoms with Gasteiger partial charge in [0.1, 0.15) is 5.75 Å². The minimum atomic E-state index is -0.435. The molecule has 32 heavy (non-hydrogen) atoms. The van der Waals surface area contributed by atoms with E-state index in [0.717, 1.165) is 4.90 Å². The van der Waals surface area contributed by atoms with E-state index in [1.807, 2.05) is 0 Å². The van der Waals surface area contributed by atoms with E-state index in [1.54, 1.807) is 60.7 Å². The van der Waals surface area contributed by atoms with E-state index in [4.69, 9.17) is 28.6 Å². The molecule has 3 amide bonds. The van der Waals surface area contributed by atoms with Crippen LogP contribution in [0.3, 0.4) is 0 Å². The number of amides is 3. The Bertz CT molecular complexity index is 1230. The highest BCUT2D eigenvalue weighted by atomic mass is 35.5. The van der Waals surface area contributed by atoms with Gasteiger partial charge in [-0.25, -0.2) is 4.90 Å². The summed E-state index contributed by atoms with van der Waals surface area (Å²) in [6.07, 6.45) is 0. The largest absolute Gasteiger partial charge is 0.495 e. The number of methoxy groups -OCH3 is 1. The second-order valence-electron chi connectivity index (χ2n) is 6.80. The number of halogens is 1. The molecule has 4 rings (SSSR count). The van der Waals surface area contributed by atoms with Crippen molar-refractivity contribution in [2.24, 2.45) is 0 Å². The molecule has 0 saturated heterocycles. The molecule has 0 aliphatic carbocycles. The molecule has 0 fully saturated rings. The summed E-state index contributed by atoms with van der Waals surface area (Å²) in [6.45, 7) is 0. The standard InChI is InChI=1S/C23H16ClN3O4S/c1-31-19-11-6-13(12-18(19)24)20(28)26-23(32)25-14-7-9-15(10-8-14)27-21(29)16-4-2-3-5-17(16)22(27)30/h2-12H,1H3,(H2,25,26,28,32). The van der Waals surface area contributed by atoms with Gasteiger partial charge < -0.3 is 10.1 Å². The Balaban J connectivity index is 1.41. The van der Waals surface area contributed by atoms with Crippen LogP contribution in [0, 0.1) is 0 Å². The van der Waals surface area contributed by atoms with Gasteiger partial charge in [-0.1, -0.05) is 23.7 Å². The average Bonchev–Trinajstić information content (AvgIpc) is 3.04. The lowest BCUT2D eigenvalue weighted by atomic mass is 10.1. The van der Waals surface area contributed by atoms with Crippen LogP contribution in [0.5, 0.6) is 5.75 Å². The maximum Gasteiger partial charge on any atom is 0.266 e. The second-order valence-corrected chi connectivity index (χ2v) is 7.61. The summed E-state index contributed by atoms with van der Waals surface area (Å²) in [4.78, 5) is 38.7. The van der Waals surface area contributed by atoms with E-state index >= 15 is 0 Å². The average molecular weight is 466 g/mol. The number of rotatable bonds is 4. The van der Waals surface area contributed by atoms with Gasteiger partial charge in [-0.05, 0) is 66.8 Å². The molecule has 1 heterocycles. The molecule has 0 atom stereocenters. The van der Waals surface area contributed by atoms with Gasteiger partial charge in [-0.3, -0.25) is 19.7 Å². The summed E-state index contributed by atoms with van der Waals surface area (Å²) in [5.41, 5.74) is 2.08. The predicted molar refractivity (Wildman–Crippen MR) is 126 cm³/mol. The Morgan fingerprint density at radius 1 is 0.969 bits per heavy atom. The first kappa shape index (κ1) is 21.5. The molecule has 0 aromatic heterocycles. The van der Waals surface area contributed by atoms with Crippen molar-refractivity contribution in [3.8, 4) is 5.75 Å². The zero-order valence-corrected chi connectivity index (χ0v) is 18.3. The first-order valence-corrected chi connectivity index (χ1v) is 10.2. The molecule has 2 N–H and O–H groups in total. The van der Waals surface area contributed by atoms with Gasteiger partial charge in [-0.15, -0.1) is 0 Å². The number of carbonyl (C=O) groups excluding carboxylic acids is 3. The van der Waals surface area contributed by atoms with E-state index in [0.29, 0.717) is 38.8 Å². The number of benzene rings is 3. The summed E-state index contributed by atoms with van der Waals surface area (Å²) >= 11 is 11.3. The monoisotopic (exact) mass is 465 g/mol. The molecule has 0 bridgehead atoms. The van der Waals surface area contributed by atoms with E-state index in [9.17, 15) is 14.4 Å².